The first-order valence-electron chi connectivity index (χ1n) is 4.93. The highest BCUT2D eigenvalue weighted by Crippen LogP contribution is 2.13. The van der Waals surface area contributed by atoms with Gasteiger partial charge in [-0.05, 0) is 12.1 Å². The number of halogens is 2. The molecule has 0 spiro atoms. The van der Waals surface area contributed by atoms with Crippen LogP contribution in [-0.4, -0.2) is 21.1 Å². The van der Waals surface area contributed by atoms with Crippen molar-refractivity contribution in [2.75, 3.05) is 5.32 Å². The lowest BCUT2D eigenvalue weighted by Gasteiger charge is -2.03. The Morgan fingerprint density at radius 3 is 2.58 bits per heavy atom. The first-order valence-corrected chi connectivity index (χ1v) is 4.93. The third-order valence-corrected chi connectivity index (χ3v) is 2.10. The number of carbonyl (C=O) groups is 1. The maximum Gasteiger partial charge on any atom is 0.342 e. The van der Waals surface area contributed by atoms with Crippen LogP contribution in [0.4, 0.5) is 14.5 Å². The number of anilines is 1. The molecule has 2 rings (SSSR count). The number of benzene rings is 1. The molecule has 1 aromatic heterocycles. The van der Waals surface area contributed by atoms with Gasteiger partial charge in [0, 0.05) is 11.8 Å². The van der Waals surface area contributed by atoms with Crippen LogP contribution in [0.15, 0.2) is 27.8 Å². The van der Waals surface area contributed by atoms with Crippen molar-refractivity contribution < 1.29 is 13.6 Å². The predicted octanol–water partition coefficient (Wildman–Crippen LogP) is -0.0113. The van der Waals surface area contributed by atoms with Gasteiger partial charge in [0.1, 0.15) is 0 Å². The van der Waals surface area contributed by atoms with Crippen molar-refractivity contribution in [1.29, 1.82) is 0 Å². The Labute approximate surface area is 103 Å². The van der Waals surface area contributed by atoms with Crippen molar-refractivity contribution in [1.82, 2.24) is 15.2 Å². The minimum Gasteiger partial charge on any atom is -0.320 e. The highest BCUT2D eigenvalue weighted by molar-refractivity contribution is 6.02. The first kappa shape index (κ1) is 12.6. The van der Waals surface area contributed by atoms with Gasteiger partial charge in [0.25, 0.3) is 11.5 Å². The molecule has 3 N–H and O–H groups in total. The van der Waals surface area contributed by atoms with Crippen molar-refractivity contribution in [3.63, 3.8) is 0 Å². The smallest absolute Gasteiger partial charge is 0.320 e. The second kappa shape index (κ2) is 4.80. The van der Waals surface area contributed by atoms with Crippen LogP contribution in [0.5, 0.6) is 0 Å². The Kier molecular flexibility index (Phi) is 3.19. The number of hydrogen-bond acceptors (Lipinski definition) is 4. The Morgan fingerprint density at radius 1 is 1.21 bits per heavy atom. The lowest BCUT2D eigenvalue weighted by atomic mass is 10.3. The summed E-state index contributed by atoms with van der Waals surface area (Å²) in [7, 11) is 0. The summed E-state index contributed by atoms with van der Waals surface area (Å²) in [5.74, 6) is -3.19. The van der Waals surface area contributed by atoms with Gasteiger partial charge in [-0.25, -0.2) is 18.7 Å². The van der Waals surface area contributed by atoms with E-state index in [0.29, 0.717) is 0 Å². The molecule has 98 valence electrons. The van der Waals surface area contributed by atoms with Gasteiger partial charge in [-0.3, -0.25) is 14.6 Å². The summed E-state index contributed by atoms with van der Waals surface area (Å²) in [6, 6.07) is 2.67. The van der Waals surface area contributed by atoms with Crippen molar-refractivity contribution >= 4 is 11.6 Å². The number of nitrogens with zero attached hydrogens (tertiary/aromatic N) is 1. The number of carbonyl (C=O) groups excluding carboxylic acids is 1. The van der Waals surface area contributed by atoms with E-state index in [9.17, 15) is 23.2 Å². The molecule has 0 atom stereocenters. The molecule has 1 amide bonds. The van der Waals surface area contributed by atoms with E-state index in [1.165, 1.54) is 0 Å². The maximum atomic E-state index is 12.9. The molecular formula is C10H6F2N4O3. The predicted molar refractivity (Wildman–Crippen MR) is 59.8 cm³/mol. The maximum absolute atomic E-state index is 12.9. The third-order valence-electron chi connectivity index (χ3n) is 2.10. The van der Waals surface area contributed by atoms with E-state index in [1.54, 1.807) is 4.98 Å². The van der Waals surface area contributed by atoms with E-state index in [4.69, 9.17) is 0 Å². The average Bonchev–Trinajstić information content (AvgIpc) is 2.33. The van der Waals surface area contributed by atoms with E-state index in [2.05, 4.69) is 10.4 Å². The lowest BCUT2D eigenvalue weighted by Crippen LogP contribution is -2.32. The van der Waals surface area contributed by atoms with Gasteiger partial charge >= 0.3 is 5.69 Å². The van der Waals surface area contributed by atoms with Crippen LogP contribution >= 0.6 is 0 Å². The minimum absolute atomic E-state index is 0.0590. The van der Waals surface area contributed by atoms with E-state index in [1.807, 2.05) is 5.10 Å². The molecular weight excluding hydrogens is 262 g/mol. The van der Waals surface area contributed by atoms with Crippen LogP contribution in [-0.2, 0) is 0 Å². The van der Waals surface area contributed by atoms with Crippen molar-refractivity contribution in [2.45, 2.75) is 0 Å². The minimum atomic E-state index is -1.15. The zero-order valence-corrected chi connectivity index (χ0v) is 9.16. The molecule has 9 heteroatoms. The zero-order valence-electron chi connectivity index (χ0n) is 9.16. The Balaban J connectivity index is 2.28. The van der Waals surface area contributed by atoms with Crippen LogP contribution in [0.3, 0.4) is 0 Å². The standard InChI is InChI=1S/C10H6F2N4O3/c11-5-2-1-4(3-6(5)12)13-8(17)7-9(18)14-10(19)16-15-7/h1-3H,(H,13,17)(H2,14,16,18,19). The summed E-state index contributed by atoms with van der Waals surface area (Å²) < 4.78 is 25.6. The van der Waals surface area contributed by atoms with Gasteiger partial charge in [-0.2, -0.15) is 5.10 Å². The molecule has 0 aliphatic rings. The molecule has 2 aromatic rings. The van der Waals surface area contributed by atoms with Crippen LogP contribution < -0.4 is 16.6 Å². The first-order chi connectivity index (χ1) is 8.97. The number of aromatic nitrogens is 3. The molecule has 0 saturated carbocycles. The summed E-state index contributed by atoms with van der Waals surface area (Å²) in [5, 5.41) is 7.26. The fourth-order valence-electron chi connectivity index (χ4n) is 1.27. The number of nitrogens with one attached hydrogen (secondary N) is 3. The van der Waals surface area contributed by atoms with Crippen LogP contribution in [0.25, 0.3) is 0 Å². The third kappa shape index (κ3) is 2.70. The van der Waals surface area contributed by atoms with E-state index in [0.717, 1.165) is 18.2 Å². The van der Waals surface area contributed by atoms with Crippen molar-refractivity contribution in [3.05, 3.63) is 56.4 Å². The highest BCUT2D eigenvalue weighted by Gasteiger charge is 2.14. The van der Waals surface area contributed by atoms with Crippen molar-refractivity contribution in [3.8, 4) is 0 Å². The Bertz CT molecular complexity index is 753. The van der Waals surface area contributed by atoms with Gasteiger partial charge in [-0.15, -0.1) is 0 Å². The Hall–Kier alpha value is -2.84. The quantitative estimate of drug-likeness (QED) is 0.711. The van der Waals surface area contributed by atoms with Gasteiger partial charge in [0.05, 0.1) is 0 Å². The highest BCUT2D eigenvalue weighted by atomic mass is 19.2. The Morgan fingerprint density at radius 2 is 1.95 bits per heavy atom. The van der Waals surface area contributed by atoms with Gasteiger partial charge < -0.3 is 5.32 Å². The number of H-pyrrole nitrogens is 2. The fourth-order valence-corrected chi connectivity index (χ4v) is 1.27. The number of amides is 1. The SMILES string of the molecule is O=C(Nc1ccc(F)c(F)c1)c1n[nH]c(=O)[nH]c1=O. The van der Waals surface area contributed by atoms with Gasteiger partial charge in [-0.1, -0.05) is 0 Å². The summed E-state index contributed by atoms with van der Waals surface area (Å²) in [4.78, 5) is 35.4. The topological polar surface area (TPSA) is 108 Å². The van der Waals surface area contributed by atoms with Gasteiger partial charge in [0.15, 0.2) is 11.6 Å². The van der Waals surface area contributed by atoms with Crippen LogP contribution in [0.2, 0.25) is 0 Å². The summed E-state index contributed by atoms with van der Waals surface area (Å²) in [6.45, 7) is 0. The number of aromatic amines is 2. The molecule has 0 bridgehead atoms. The second-order valence-electron chi connectivity index (χ2n) is 3.44. The molecule has 19 heavy (non-hydrogen) atoms. The fraction of sp³-hybridized carbons (Fsp3) is 0. The molecule has 0 aliphatic carbocycles. The molecule has 0 aliphatic heterocycles. The second-order valence-corrected chi connectivity index (χ2v) is 3.44. The van der Waals surface area contributed by atoms with Crippen LogP contribution in [0.1, 0.15) is 10.5 Å². The summed E-state index contributed by atoms with van der Waals surface area (Å²) >= 11 is 0. The zero-order chi connectivity index (χ0) is 14.0. The molecule has 0 radical (unpaired) electrons. The summed E-state index contributed by atoms with van der Waals surface area (Å²) in [6.07, 6.45) is 0. The molecule has 0 unspecified atom stereocenters. The number of rotatable bonds is 2. The number of hydrogen-bond donors (Lipinski definition) is 3. The molecule has 1 aromatic carbocycles. The van der Waals surface area contributed by atoms with E-state index < -0.39 is 34.5 Å². The van der Waals surface area contributed by atoms with Crippen LogP contribution in [0, 0.1) is 11.6 Å². The van der Waals surface area contributed by atoms with Crippen molar-refractivity contribution in [2.24, 2.45) is 0 Å². The largest absolute Gasteiger partial charge is 0.342 e. The average molecular weight is 268 g/mol. The monoisotopic (exact) mass is 268 g/mol. The normalized spacial score (nSPS) is 10.2. The summed E-state index contributed by atoms with van der Waals surface area (Å²) in [5.41, 5.74) is -2.53. The lowest BCUT2D eigenvalue weighted by molar-refractivity contribution is 0.101. The van der Waals surface area contributed by atoms with E-state index >= 15 is 0 Å². The molecule has 0 saturated heterocycles. The van der Waals surface area contributed by atoms with E-state index in [-0.39, 0.29) is 5.69 Å². The van der Waals surface area contributed by atoms with Gasteiger partial charge in [0.2, 0.25) is 5.69 Å². The molecule has 0 fully saturated rings. The molecule has 7 nitrogen and oxygen atoms in total. The molecule has 1 heterocycles.